The summed E-state index contributed by atoms with van der Waals surface area (Å²) in [5.74, 6) is -1.31. The van der Waals surface area contributed by atoms with Crippen molar-refractivity contribution in [3.63, 3.8) is 0 Å². The number of halogens is 2. The van der Waals surface area contributed by atoms with Crippen molar-refractivity contribution in [2.75, 3.05) is 0 Å². The van der Waals surface area contributed by atoms with Gasteiger partial charge in [-0.3, -0.25) is 14.8 Å². The summed E-state index contributed by atoms with van der Waals surface area (Å²) in [5.41, 5.74) is 3.81. The van der Waals surface area contributed by atoms with Crippen molar-refractivity contribution in [1.29, 1.82) is 0 Å². The van der Waals surface area contributed by atoms with Gasteiger partial charge in [-0.15, -0.1) is 0 Å². The molecular weight excluding hydrogens is 608 g/mol. The molecule has 1 aromatic heterocycles. The highest BCUT2D eigenvalue weighted by Crippen LogP contribution is 2.22. The highest BCUT2D eigenvalue weighted by Gasteiger charge is 2.23. The van der Waals surface area contributed by atoms with Crippen LogP contribution in [0.4, 0.5) is 0 Å². The topological polar surface area (TPSA) is 134 Å². The fraction of sp³-hybridized carbons (Fsp3) is 0.308. The Morgan fingerprint density at radius 3 is 2.51 bits per heavy atom. The zero-order valence-corrected chi connectivity index (χ0v) is 23.4. The molecule has 1 heterocycles. The smallest absolute Gasteiger partial charge is 0.336 e. The first kappa shape index (κ1) is 28.5. The van der Waals surface area contributed by atoms with Crippen molar-refractivity contribution in [3.8, 4) is 0 Å². The van der Waals surface area contributed by atoms with E-state index in [1.165, 1.54) is 12.3 Å². The van der Waals surface area contributed by atoms with E-state index < -0.39 is 23.8 Å². The number of unbranched alkanes of at least 4 members (excludes halogenated alkanes) is 1. The van der Waals surface area contributed by atoms with Crippen LogP contribution in [-0.4, -0.2) is 43.7 Å². The van der Waals surface area contributed by atoms with E-state index in [1.54, 1.807) is 17.6 Å². The lowest BCUT2D eigenvalue weighted by Crippen LogP contribution is -2.41. The number of benzene rings is 2. The number of aryl methyl sites for hydroxylation is 1. The van der Waals surface area contributed by atoms with Gasteiger partial charge in [0.05, 0.1) is 11.8 Å². The quantitative estimate of drug-likeness (QED) is 0.168. The van der Waals surface area contributed by atoms with Crippen molar-refractivity contribution in [3.05, 3.63) is 85.8 Å². The number of amides is 2. The summed E-state index contributed by atoms with van der Waals surface area (Å²) in [6.07, 6.45) is 4.28. The van der Waals surface area contributed by atoms with Gasteiger partial charge in [0.2, 0.25) is 5.91 Å². The van der Waals surface area contributed by atoms with Crippen LogP contribution in [0.1, 0.15) is 64.0 Å². The number of aromatic nitrogens is 2. The standard InChI is InChI=1S/C26H28Br2N4O5/c1-2-3-8-23-29-14-22(32(23)15-16-9-10-19(26(35)36)21(28)11-16)25(34)30-18(13-24(33)31-37)12-17-6-4-5-7-20(17)27/h4-7,9-11,14,18,37H,2-3,8,12-13,15H2,1H3,(H,30,34)(H,31,33)(H,35,36)/t18-/m1/s1. The lowest BCUT2D eigenvalue weighted by molar-refractivity contribution is -0.129. The van der Waals surface area contributed by atoms with Gasteiger partial charge in [-0.25, -0.2) is 15.3 Å². The molecule has 11 heteroatoms. The Labute approximate surface area is 231 Å². The Morgan fingerprint density at radius 1 is 1.11 bits per heavy atom. The molecule has 0 saturated heterocycles. The highest BCUT2D eigenvalue weighted by atomic mass is 79.9. The molecule has 2 amide bonds. The second kappa shape index (κ2) is 13.5. The summed E-state index contributed by atoms with van der Waals surface area (Å²) < 4.78 is 3.11. The molecule has 9 nitrogen and oxygen atoms in total. The SMILES string of the molecule is CCCCc1ncc(C(=O)N[C@@H](CC(=O)NO)Cc2ccccc2Br)n1Cc1ccc(C(=O)O)c(Br)c1. The lowest BCUT2D eigenvalue weighted by Gasteiger charge is -2.20. The number of nitrogens with zero attached hydrogens (tertiary/aromatic N) is 2. The van der Waals surface area contributed by atoms with Crippen LogP contribution in [-0.2, 0) is 24.2 Å². The maximum Gasteiger partial charge on any atom is 0.336 e. The number of carbonyl (C=O) groups is 3. The molecule has 37 heavy (non-hydrogen) atoms. The molecule has 0 aliphatic rings. The predicted molar refractivity (Wildman–Crippen MR) is 145 cm³/mol. The monoisotopic (exact) mass is 634 g/mol. The minimum atomic E-state index is -1.03. The minimum Gasteiger partial charge on any atom is -0.478 e. The van der Waals surface area contributed by atoms with Crippen molar-refractivity contribution in [2.45, 2.75) is 51.6 Å². The van der Waals surface area contributed by atoms with E-state index in [1.807, 2.05) is 28.8 Å². The molecule has 0 fully saturated rings. The van der Waals surface area contributed by atoms with E-state index in [0.29, 0.717) is 29.6 Å². The summed E-state index contributed by atoms with van der Waals surface area (Å²) >= 11 is 6.81. The van der Waals surface area contributed by atoms with Crippen molar-refractivity contribution in [1.82, 2.24) is 20.3 Å². The summed E-state index contributed by atoms with van der Waals surface area (Å²) in [7, 11) is 0. The second-order valence-electron chi connectivity index (χ2n) is 8.57. The third-order valence-corrected chi connectivity index (χ3v) is 7.27. The molecule has 0 radical (unpaired) electrons. The molecule has 0 spiro atoms. The zero-order chi connectivity index (χ0) is 26.9. The molecule has 4 N–H and O–H groups in total. The Morgan fingerprint density at radius 2 is 1.86 bits per heavy atom. The summed E-state index contributed by atoms with van der Waals surface area (Å²) in [6.45, 7) is 2.38. The van der Waals surface area contributed by atoms with Crippen LogP contribution in [0.25, 0.3) is 0 Å². The Bertz CT molecular complexity index is 1280. The van der Waals surface area contributed by atoms with Gasteiger partial charge in [-0.1, -0.05) is 53.5 Å². The zero-order valence-electron chi connectivity index (χ0n) is 20.2. The first-order valence-corrected chi connectivity index (χ1v) is 13.3. The molecule has 3 aromatic rings. The van der Waals surface area contributed by atoms with Gasteiger partial charge in [0, 0.05) is 34.4 Å². The van der Waals surface area contributed by atoms with Crippen molar-refractivity contribution < 1.29 is 24.7 Å². The molecule has 196 valence electrons. The van der Waals surface area contributed by atoms with E-state index in [4.69, 9.17) is 5.21 Å². The molecule has 1 atom stereocenters. The van der Waals surface area contributed by atoms with Crippen molar-refractivity contribution >= 4 is 49.6 Å². The maximum atomic E-state index is 13.4. The van der Waals surface area contributed by atoms with E-state index in [9.17, 15) is 19.5 Å². The van der Waals surface area contributed by atoms with Gasteiger partial charge >= 0.3 is 5.97 Å². The molecule has 0 aliphatic carbocycles. The fourth-order valence-electron chi connectivity index (χ4n) is 3.95. The van der Waals surface area contributed by atoms with E-state index >= 15 is 0 Å². The molecule has 3 rings (SSSR count). The maximum absolute atomic E-state index is 13.4. The van der Waals surface area contributed by atoms with Crippen LogP contribution in [0.15, 0.2) is 57.6 Å². The molecule has 0 saturated carbocycles. The summed E-state index contributed by atoms with van der Waals surface area (Å²) in [6, 6.07) is 11.9. The minimum absolute atomic E-state index is 0.121. The third-order valence-electron chi connectivity index (χ3n) is 5.85. The van der Waals surface area contributed by atoms with Crippen LogP contribution in [0, 0.1) is 0 Å². The van der Waals surface area contributed by atoms with E-state index in [2.05, 4.69) is 49.1 Å². The number of nitrogens with one attached hydrogen (secondary N) is 2. The van der Waals surface area contributed by atoms with Crippen LogP contribution in [0.3, 0.4) is 0 Å². The number of carboxylic acid groups (broad SMARTS) is 1. The van der Waals surface area contributed by atoms with Gasteiger partial charge in [-0.2, -0.15) is 0 Å². The van der Waals surface area contributed by atoms with Gasteiger partial charge < -0.3 is 15.0 Å². The number of hydrogen-bond donors (Lipinski definition) is 4. The number of imidazole rings is 1. The van der Waals surface area contributed by atoms with Gasteiger partial charge in [0.25, 0.3) is 5.91 Å². The van der Waals surface area contributed by atoms with E-state index in [-0.39, 0.29) is 12.0 Å². The molecular formula is C26H28Br2N4O5. The third kappa shape index (κ3) is 7.73. The molecule has 0 bridgehead atoms. The first-order chi connectivity index (χ1) is 17.7. The largest absolute Gasteiger partial charge is 0.478 e. The Kier molecular flexibility index (Phi) is 10.4. The number of carbonyl (C=O) groups excluding carboxylic acids is 2. The van der Waals surface area contributed by atoms with E-state index in [0.717, 1.165) is 34.3 Å². The normalized spacial score (nSPS) is 11.7. The number of rotatable bonds is 12. The van der Waals surface area contributed by atoms with Crippen LogP contribution in [0.5, 0.6) is 0 Å². The summed E-state index contributed by atoms with van der Waals surface area (Å²) in [4.78, 5) is 41.3. The van der Waals surface area contributed by atoms with Crippen LogP contribution >= 0.6 is 31.9 Å². The van der Waals surface area contributed by atoms with Gasteiger partial charge in [-0.05, 0) is 58.1 Å². The lowest BCUT2D eigenvalue weighted by atomic mass is 10.0. The number of carboxylic acids is 1. The van der Waals surface area contributed by atoms with Crippen LogP contribution < -0.4 is 10.8 Å². The van der Waals surface area contributed by atoms with Crippen LogP contribution in [0.2, 0.25) is 0 Å². The average molecular weight is 636 g/mol. The molecule has 2 aromatic carbocycles. The summed E-state index contributed by atoms with van der Waals surface area (Å²) in [5, 5.41) is 21.3. The molecule has 0 aliphatic heterocycles. The Balaban J connectivity index is 1.90. The molecule has 0 unspecified atom stereocenters. The number of hydroxylamine groups is 1. The second-order valence-corrected chi connectivity index (χ2v) is 10.3. The highest BCUT2D eigenvalue weighted by molar-refractivity contribution is 9.10. The Hall–Kier alpha value is -3.02. The van der Waals surface area contributed by atoms with Gasteiger partial charge in [0.15, 0.2) is 0 Å². The predicted octanol–water partition coefficient (Wildman–Crippen LogP) is 4.73. The first-order valence-electron chi connectivity index (χ1n) is 11.8. The van der Waals surface area contributed by atoms with Gasteiger partial charge in [0.1, 0.15) is 11.5 Å². The average Bonchev–Trinajstić information content (AvgIpc) is 3.26. The van der Waals surface area contributed by atoms with Crippen molar-refractivity contribution in [2.24, 2.45) is 0 Å². The fourth-order valence-corrected chi connectivity index (χ4v) is 4.99. The number of hydrogen-bond acceptors (Lipinski definition) is 5. The number of aromatic carboxylic acids is 1.